The fraction of sp³-hybridized carbons (Fsp3) is 0.250. The summed E-state index contributed by atoms with van der Waals surface area (Å²) in [5.74, 6) is 0. The molecule has 1 heterocycles. The number of rotatable bonds is 2. The van der Waals surface area contributed by atoms with Crippen LogP contribution in [0.5, 0.6) is 0 Å². The van der Waals surface area contributed by atoms with Crippen LogP contribution in [0.1, 0.15) is 42.3 Å². The molecular formula is C20H18F3NO. The molecule has 0 unspecified atom stereocenters. The van der Waals surface area contributed by atoms with Crippen molar-refractivity contribution in [2.75, 3.05) is 0 Å². The highest BCUT2D eigenvalue weighted by Crippen LogP contribution is 2.39. The van der Waals surface area contributed by atoms with E-state index in [1.54, 1.807) is 0 Å². The van der Waals surface area contributed by atoms with Gasteiger partial charge in [0.15, 0.2) is 6.29 Å². The fourth-order valence-electron chi connectivity index (χ4n) is 2.96. The van der Waals surface area contributed by atoms with Crippen LogP contribution in [0, 0.1) is 0 Å². The van der Waals surface area contributed by atoms with Gasteiger partial charge in [0.25, 0.3) is 0 Å². The average Bonchev–Trinajstić information content (AvgIpc) is 2.90. The van der Waals surface area contributed by atoms with E-state index in [0.717, 1.165) is 11.6 Å². The number of H-pyrrole nitrogens is 1. The molecule has 3 aromatic rings. The predicted octanol–water partition coefficient (Wildman–Crippen LogP) is 5.96. The van der Waals surface area contributed by atoms with Crippen molar-refractivity contribution < 1.29 is 18.0 Å². The third-order valence-electron chi connectivity index (χ3n) is 4.32. The number of aldehydes is 1. The molecule has 0 bridgehead atoms. The zero-order chi connectivity index (χ0) is 18.4. The lowest BCUT2D eigenvalue weighted by Crippen LogP contribution is -2.10. The second kappa shape index (κ2) is 5.76. The molecule has 0 atom stereocenters. The van der Waals surface area contributed by atoms with E-state index < -0.39 is 11.7 Å². The van der Waals surface area contributed by atoms with Crippen LogP contribution in [-0.4, -0.2) is 11.3 Å². The number of carbonyl (C=O) groups is 1. The first kappa shape index (κ1) is 17.3. The van der Waals surface area contributed by atoms with Gasteiger partial charge in [-0.05, 0) is 29.2 Å². The van der Waals surface area contributed by atoms with E-state index in [9.17, 15) is 18.0 Å². The van der Waals surface area contributed by atoms with Gasteiger partial charge in [-0.1, -0.05) is 45.0 Å². The number of aromatic nitrogens is 1. The number of halogens is 3. The van der Waals surface area contributed by atoms with Gasteiger partial charge in [-0.15, -0.1) is 0 Å². The molecule has 3 rings (SSSR count). The lowest BCUT2D eigenvalue weighted by Gasteiger charge is -2.18. The summed E-state index contributed by atoms with van der Waals surface area (Å²) >= 11 is 0. The Balaban J connectivity index is 2.31. The summed E-state index contributed by atoms with van der Waals surface area (Å²) in [5.41, 5.74) is 1.18. The summed E-state index contributed by atoms with van der Waals surface area (Å²) in [6, 6.07) is 10.9. The molecule has 0 saturated carbocycles. The monoisotopic (exact) mass is 345 g/mol. The van der Waals surface area contributed by atoms with Gasteiger partial charge in [0, 0.05) is 22.0 Å². The first-order chi connectivity index (χ1) is 11.6. The van der Waals surface area contributed by atoms with Gasteiger partial charge >= 0.3 is 6.18 Å². The van der Waals surface area contributed by atoms with Crippen molar-refractivity contribution in [2.24, 2.45) is 0 Å². The summed E-state index contributed by atoms with van der Waals surface area (Å²) in [7, 11) is 0. The fourth-order valence-corrected chi connectivity index (χ4v) is 2.96. The van der Waals surface area contributed by atoms with E-state index in [1.807, 2.05) is 39.0 Å². The van der Waals surface area contributed by atoms with Crippen LogP contribution >= 0.6 is 0 Å². The second-order valence-electron chi connectivity index (χ2n) is 7.09. The van der Waals surface area contributed by atoms with Gasteiger partial charge in [0.05, 0.1) is 11.3 Å². The highest BCUT2D eigenvalue weighted by Gasteiger charge is 2.34. The Labute approximate surface area is 143 Å². The summed E-state index contributed by atoms with van der Waals surface area (Å²) < 4.78 is 40.0. The molecular weight excluding hydrogens is 327 g/mol. The molecule has 0 saturated heterocycles. The van der Waals surface area contributed by atoms with Gasteiger partial charge in [-0.2, -0.15) is 13.2 Å². The largest absolute Gasteiger partial charge is 0.417 e. The molecule has 0 aliphatic carbocycles. The Kier molecular flexibility index (Phi) is 3.98. The number of fused-ring (bicyclic) bond motifs is 1. The smallest absolute Gasteiger partial charge is 0.354 e. The number of aromatic amines is 1. The van der Waals surface area contributed by atoms with E-state index in [2.05, 4.69) is 4.98 Å². The van der Waals surface area contributed by atoms with Crippen molar-refractivity contribution in [3.05, 3.63) is 59.2 Å². The maximum atomic E-state index is 13.3. The van der Waals surface area contributed by atoms with E-state index >= 15 is 0 Å². The Bertz CT molecular complexity index is 946. The molecule has 5 heteroatoms. The lowest BCUT2D eigenvalue weighted by atomic mass is 9.86. The molecule has 25 heavy (non-hydrogen) atoms. The molecule has 0 spiro atoms. The van der Waals surface area contributed by atoms with Crippen molar-refractivity contribution in [1.82, 2.24) is 4.98 Å². The van der Waals surface area contributed by atoms with Crippen LogP contribution in [0.15, 0.2) is 42.5 Å². The summed E-state index contributed by atoms with van der Waals surface area (Å²) in [4.78, 5) is 14.7. The third kappa shape index (κ3) is 3.06. The van der Waals surface area contributed by atoms with Crippen LogP contribution in [0.2, 0.25) is 0 Å². The van der Waals surface area contributed by atoms with Crippen molar-refractivity contribution in [3.8, 4) is 11.3 Å². The number of hydrogen-bond donors (Lipinski definition) is 1. The molecule has 1 aromatic heterocycles. The first-order valence-electron chi connectivity index (χ1n) is 7.91. The molecule has 0 aliphatic rings. The van der Waals surface area contributed by atoms with Gasteiger partial charge in [0.2, 0.25) is 0 Å². The normalized spacial score (nSPS) is 12.6. The minimum absolute atomic E-state index is 0.0226. The standard InChI is InChI=1S/C20H18F3NO/c1-19(2,3)12-8-9-17-14(10-12)15(11-25)18(24-17)13-6-4-5-7-16(13)20(21,22)23/h4-11,24H,1-3H3. The maximum absolute atomic E-state index is 13.3. The number of benzene rings is 2. The molecule has 0 radical (unpaired) electrons. The number of alkyl halides is 3. The first-order valence-corrected chi connectivity index (χ1v) is 7.91. The average molecular weight is 345 g/mol. The Morgan fingerprint density at radius 2 is 1.68 bits per heavy atom. The SMILES string of the molecule is CC(C)(C)c1ccc2[nH]c(-c3ccccc3C(F)(F)F)c(C=O)c2c1. The van der Waals surface area contributed by atoms with E-state index in [-0.39, 0.29) is 22.2 Å². The lowest BCUT2D eigenvalue weighted by molar-refractivity contribution is -0.137. The summed E-state index contributed by atoms with van der Waals surface area (Å²) in [5, 5.41) is 0.634. The molecule has 1 N–H and O–H groups in total. The van der Waals surface area contributed by atoms with Crippen molar-refractivity contribution >= 4 is 17.2 Å². The van der Waals surface area contributed by atoms with E-state index in [1.165, 1.54) is 18.2 Å². The van der Waals surface area contributed by atoms with Crippen molar-refractivity contribution in [1.29, 1.82) is 0 Å². The molecule has 2 aromatic carbocycles. The van der Waals surface area contributed by atoms with Crippen LogP contribution < -0.4 is 0 Å². The zero-order valence-corrected chi connectivity index (χ0v) is 14.2. The number of nitrogens with one attached hydrogen (secondary N) is 1. The van der Waals surface area contributed by atoms with Crippen LogP contribution in [0.25, 0.3) is 22.2 Å². The summed E-state index contributed by atoms with van der Waals surface area (Å²) in [6.07, 6.45) is -3.88. The quantitative estimate of drug-likeness (QED) is 0.571. The second-order valence-corrected chi connectivity index (χ2v) is 7.09. The molecule has 0 amide bonds. The predicted molar refractivity (Wildman–Crippen MR) is 92.8 cm³/mol. The van der Waals surface area contributed by atoms with Crippen molar-refractivity contribution in [2.45, 2.75) is 32.4 Å². The third-order valence-corrected chi connectivity index (χ3v) is 4.32. The zero-order valence-electron chi connectivity index (χ0n) is 14.2. The van der Waals surface area contributed by atoms with Crippen molar-refractivity contribution in [3.63, 3.8) is 0 Å². The number of carbonyl (C=O) groups excluding carboxylic acids is 1. The van der Waals surface area contributed by atoms with Crippen LogP contribution in [0.3, 0.4) is 0 Å². The van der Waals surface area contributed by atoms with Crippen LogP contribution in [-0.2, 0) is 11.6 Å². The Morgan fingerprint density at radius 3 is 2.28 bits per heavy atom. The minimum Gasteiger partial charge on any atom is -0.354 e. The Morgan fingerprint density at radius 1 is 1.00 bits per heavy atom. The molecule has 0 aliphatic heterocycles. The van der Waals surface area contributed by atoms with Gasteiger partial charge in [-0.25, -0.2) is 0 Å². The molecule has 130 valence electrons. The highest BCUT2D eigenvalue weighted by molar-refractivity contribution is 6.05. The van der Waals surface area contributed by atoms with E-state index in [4.69, 9.17) is 0 Å². The summed E-state index contributed by atoms with van der Waals surface area (Å²) in [6.45, 7) is 6.13. The topological polar surface area (TPSA) is 32.9 Å². The molecule has 2 nitrogen and oxygen atoms in total. The maximum Gasteiger partial charge on any atom is 0.417 e. The van der Waals surface area contributed by atoms with E-state index in [0.29, 0.717) is 17.2 Å². The van der Waals surface area contributed by atoms with Gasteiger partial charge < -0.3 is 4.98 Å². The van der Waals surface area contributed by atoms with Gasteiger partial charge in [0.1, 0.15) is 0 Å². The molecule has 0 fully saturated rings. The van der Waals surface area contributed by atoms with Gasteiger partial charge in [-0.3, -0.25) is 4.79 Å². The highest BCUT2D eigenvalue weighted by atomic mass is 19.4. The Hall–Kier alpha value is -2.56. The minimum atomic E-state index is -4.50. The number of hydrogen-bond acceptors (Lipinski definition) is 1. The van der Waals surface area contributed by atoms with Crippen LogP contribution in [0.4, 0.5) is 13.2 Å².